The molecule has 0 radical (unpaired) electrons. The molecular weight excluding hydrogens is 362 g/mol. The van der Waals surface area contributed by atoms with E-state index in [0.29, 0.717) is 6.04 Å². The van der Waals surface area contributed by atoms with Crippen LogP contribution in [-0.4, -0.2) is 45.3 Å². The molecule has 1 saturated heterocycles. The van der Waals surface area contributed by atoms with E-state index in [4.69, 9.17) is 4.74 Å². The summed E-state index contributed by atoms with van der Waals surface area (Å²) in [5.41, 5.74) is 3.68. The molecule has 2 aromatic rings. The van der Waals surface area contributed by atoms with E-state index in [1.165, 1.54) is 38.5 Å². The van der Waals surface area contributed by atoms with Crippen LogP contribution < -0.4 is 5.32 Å². The molecule has 1 atom stereocenters. The lowest BCUT2D eigenvalue weighted by Crippen LogP contribution is -2.31. The first-order chi connectivity index (χ1) is 14.3. The summed E-state index contributed by atoms with van der Waals surface area (Å²) in [5.74, 6) is 6.47. The predicted molar refractivity (Wildman–Crippen MR) is 113 cm³/mol. The van der Waals surface area contributed by atoms with Crippen molar-refractivity contribution in [3.05, 3.63) is 29.6 Å². The fourth-order valence-corrected chi connectivity index (χ4v) is 4.22. The van der Waals surface area contributed by atoms with Gasteiger partial charge in [-0.25, -0.2) is 4.68 Å². The average Bonchev–Trinajstić information content (AvgIpc) is 3.21. The zero-order valence-corrected chi connectivity index (χ0v) is 17.4. The van der Waals surface area contributed by atoms with Gasteiger partial charge in [0, 0.05) is 24.4 Å². The average molecular weight is 394 g/mol. The first-order valence-corrected chi connectivity index (χ1v) is 11.0. The zero-order valence-electron chi connectivity index (χ0n) is 17.4. The largest absolute Gasteiger partial charge is 0.376 e. The Morgan fingerprint density at radius 1 is 1.17 bits per heavy atom. The van der Waals surface area contributed by atoms with Gasteiger partial charge in [-0.2, -0.15) is 0 Å². The van der Waals surface area contributed by atoms with Crippen LogP contribution in [0.15, 0.2) is 18.5 Å². The van der Waals surface area contributed by atoms with Crippen molar-refractivity contribution in [2.45, 2.75) is 77.0 Å². The second-order valence-electron chi connectivity index (χ2n) is 8.22. The summed E-state index contributed by atoms with van der Waals surface area (Å²) < 4.78 is 7.67. The maximum Gasteiger partial charge on any atom is 0.131 e. The van der Waals surface area contributed by atoms with Gasteiger partial charge in [-0.3, -0.25) is 4.98 Å². The number of hydrogen-bond donors (Lipinski definition) is 1. The minimum Gasteiger partial charge on any atom is -0.376 e. The molecular formula is C23H31N5O. The van der Waals surface area contributed by atoms with Gasteiger partial charge < -0.3 is 10.1 Å². The van der Waals surface area contributed by atoms with Crippen molar-refractivity contribution in [2.24, 2.45) is 0 Å². The van der Waals surface area contributed by atoms with Crippen LogP contribution >= 0.6 is 0 Å². The Hall–Kier alpha value is -2.23. The van der Waals surface area contributed by atoms with Crippen molar-refractivity contribution in [1.82, 2.24) is 25.3 Å². The van der Waals surface area contributed by atoms with Crippen LogP contribution in [0, 0.1) is 18.8 Å². The lowest BCUT2D eigenvalue weighted by Gasteiger charge is -2.21. The number of nitrogens with zero attached hydrogens (tertiary/aromatic N) is 4. The number of nitrogens with one attached hydrogen (secondary N) is 1. The van der Waals surface area contributed by atoms with Gasteiger partial charge in [0.05, 0.1) is 31.1 Å². The molecule has 2 aromatic heterocycles. The number of ether oxygens (including phenoxy) is 1. The van der Waals surface area contributed by atoms with E-state index < -0.39 is 0 Å². The van der Waals surface area contributed by atoms with Crippen LogP contribution in [0.2, 0.25) is 0 Å². The smallest absolute Gasteiger partial charge is 0.131 e. The van der Waals surface area contributed by atoms with Crippen molar-refractivity contribution in [2.75, 3.05) is 13.2 Å². The molecule has 0 bridgehead atoms. The molecule has 6 heteroatoms. The minimum absolute atomic E-state index is 0.243. The Bertz CT molecular complexity index is 854. The Kier molecular flexibility index (Phi) is 6.91. The number of aromatic nitrogens is 4. The summed E-state index contributed by atoms with van der Waals surface area (Å²) in [7, 11) is 0. The van der Waals surface area contributed by atoms with Crippen LogP contribution in [-0.2, 0) is 11.3 Å². The standard InChI is InChI=1S/C23H31N5O/c1-18-14-19(8-7-12-24-20-9-3-2-4-10-20)15-25-23(18)22-17-28(27-26-22)16-21-11-5-6-13-29-21/h14-15,17,20-21,24H,2-6,9-13,16H2,1H3. The fourth-order valence-electron chi connectivity index (χ4n) is 4.22. The minimum atomic E-state index is 0.243. The van der Waals surface area contributed by atoms with Crippen molar-refractivity contribution >= 4 is 0 Å². The molecule has 1 saturated carbocycles. The Labute approximate surface area is 173 Å². The Morgan fingerprint density at radius 3 is 2.83 bits per heavy atom. The highest BCUT2D eigenvalue weighted by Gasteiger charge is 2.16. The number of pyridine rings is 1. The molecule has 1 aliphatic carbocycles. The van der Waals surface area contributed by atoms with Crippen molar-refractivity contribution in [3.8, 4) is 23.2 Å². The van der Waals surface area contributed by atoms with Gasteiger partial charge >= 0.3 is 0 Å². The number of hydrogen-bond acceptors (Lipinski definition) is 5. The topological polar surface area (TPSA) is 64.9 Å². The van der Waals surface area contributed by atoms with E-state index in [1.54, 1.807) is 0 Å². The molecule has 1 unspecified atom stereocenters. The second-order valence-corrected chi connectivity index (χ2v) is 8.22. The zero-order chi connectivity index (χ0) is 19.9. The summed E-state index contributed by atoms with van der Waals surface area (Å²) in [5, 5.41) is 12.1. The highest BCUT2D eigenvalue weighted by Crippen LogP contribution is 2.20. The summed E-state index contributed by atoms with van der Waals surface area (Å²) in [4.78, 5) is 4.61. The molecule has 1 N–H and O–H groups in total. The van der Waals surface area contributed by atoms with E-state index in [-0.39, 0.29) is 6.10 Å². The monoisotopic (exact) mass is 393 g/mol. The van der Waals surface area contributed by atoms with E-state index in [2.05, 4.69) is 45.4 Å². The SMILES string of the molecule is Cc1cc(C#CCNC2CCCCC2)cnc1-c1cn(CC2CCCCO2)nn1. The summed E-state index contributed by atoms with van der Waals surface area (Å²) in [6.45, 7) is 4.40. The predicted octanol–water partition coefficient (Wildman–Crippen LogP) is 3.49. The van der Waals surface area contributed by atoms with Crippen molar-refractivity contribution in [3.63, 3.8) is 0 Å². The van der Waals surface area contributed by atoms with Gasteiger partial charge in [0.25, 0.3) is 0 Å². The molecule has 0 aromatic carbocycles. The molecule has 154 valence electrons. The maximum atomic E-state index is 5.80. The molecule has 1 aliphatic heterocycles. The highest BCUT2D eigenvalue weighted by atomic mass is 16.5. The first-order valence-electron chi connectivity index (χ1n) is 11.0. The molecule has 0 spiro atoms. The lowest BCUT2D eigenvalue weighted by atomic mass is 9.96. The number of aryl methyl sites for hydroxylation is 1. The van der Waals surface area contributed by atoms with E-state index in [0.717, 1.165) is 55.1 Å². The number of rotatable bonds is 5. The third-order valence-corrected chi connectivity index (χ3v) is 5.84. The van der Waals surface area contributed by atoms with Crippen LogP contribution in [0.1, 0.15) is 62.5 Å². The van der Waals surface area contributed by atoms with Gasteiger partial charge in [0.1, 0.15) is 5.69 Å². The fraction of sp³-hybridized carbons (Fsp3) is 0.609. The van der Waals surface area contributed by atoms with Gasteiger partial charge in [-0.05, 0) is 50.7 Å². The Balaban J connectivity index is 1.34. The third kappa shape index (κ3) is 5.65. The summed E-state index contributed by atoms with van der Waals surface area (Å²) >= 11 is 0. The van der Waals surface area contributed by atoms with Gasteiger partial charge in [0.2, 0.25) is 0 Å². The third-order valence-electron chi connectivity index (χ3n) is 5.84. The lowest BCUT2D eigenvalue weighted by molar-refractivity contribution is 0.00370. The molecule has 29 heavy (non-hydrogen) atoms. The highest BCUT2D eigenvalue weighted by molar-refractivity contribution is 5.58. The van der Waals surface area contributed by atoms with Gasteiger partial charge in [-0.15, -0.1) is 5.10 Å². The van der Waals surface area contributed by atoms with Crippen molar-refractivity contribution in [1.29, 1.82) is 0 Å². The molecule has 2 fully saturated rings. The van der Waals surface area contributed by atoms with Crippen molar-refractivity contribution < 1.29 is 4.74 Å². The van der Waals surface area contributed by atoms with E-state index >= 15 is 0 Å². The van der Waals surface area contributed by atoms with Crippen LogP contribution in [0.4, 0.5) is 0 Å². The summed E-state index contributed by atoms with van der Waals surface area (Å²) in [6, 6.07) is 2.72. The van der Waals surface area contributed by atoms with Crippen LogP contribution in [0.25, 0.3) is 11.4 Å². The molecule has 0 amide bonds. The molecule has 6 nitrogen and oxygen atoms in total. The maximum absolute atomic E-state index is 5.80. The normalized spacial score (nSPS) is 20.2. The van der Waals surface area contributed by atoms with Gasteiger partial charge in [0.15, 0.2) is 0 Å². The van der Waals surface area contributed by atoms with E-state index in [9.17, 15) is 0 Å². The van der Waals surface area contributed by atoms with Crippen LogP contribution in [0.5, 0.6) is 0 Å². The molecule has 4 rings (SSSR count). The molecule has 2 aliphatic rings. The van der Waals surface area contributed by atoms with Gasteiger partial charge in [-0.1, -0.05) is 36.3 Å². The summed E-state index contributed by atoms with van der Waals surface area (Å²) in [6.07, 6.45) is 14.1. The Morgan fingerprint density at radius 2 is 2.03 bits per heavy atom. The first kappa shape index (κ1) is 20.1. The molecule has 3 heterocycles. The van der Waals surface area contributed by atoms with Crippen LogP contribution in [0.3, 0.4) is 0 Å². The quantitative estimate of drug-likeness (QED) is 0.788. The van der Waals surface area contributed by atoms with E-state index in [1.807, 2.05) is 17.1 Å². The second kappa shape index (κ2) is 10.00.